The van der Waals surface area contributed by atoms with Crippen molar-refractivity contribution < 1.29 is 4.74 Å². The molecule has 0 atom stereocenters. The monoisotopic (exact) mass is 226 g/mol. The van der Waals surface area contributed by atoms with Gasteiger partial charge >= 0.3 is 0 Å². The molecule has 0 saturated heterocycles. The van der Waals surface area contributed by atoms with Crippen molar-refractivity contribution >= 4 is 12.6 Å². The molecule has 0 saturated carbocycles. The number of fused-ring (bicyclic) bond motifs is 1. The predicted molar refractivity (Wildman–Crippen MR) is 63.5 cm³/mol. The molecule has 0 bridgehead atoms. The highest BCUT2D eigenvalue weighted by molar-refractivity contribution is 7.80. The number of rotatable bonds is 5. The van der Waals surface area contributed by atoms with Crippen LogP contribution in [0.5, 0.6) is 0 Å². The molecule has 1 aliphatic rings. The van der Waals surface area contributed by atoms with E-state index >= 15 is 0 Å². The van der Waals surface area contributed by atoms with Gasteiger partial charge in [0.1, 0.15) is 0 Å². The van der Waals surface area contributed by atoms with Gasteiger partial charge in [0, 0.05) is 18.0 Å². The zero-order valence-corrected chi connectivity index (χ0v) is 9.88. The van der Waals surface area contributed by atoms with Crippen LogP contribution < -0.4 is 0 Å². The Morgan fingerprint density at radius 2 is 2.20 bits per heavy atom. The molecule has 0 amide bonds. The Hall–Kier alpha value is -0.480. The summed E-state index contributed by atoms with van der Waals surface area (Å²) >= 11 is 4.10. The van der Waals surface area contributed by atoms with Gasteiger partial charge in [0.2, 0.25) is 0 Å². The van der Waals surface area contributed by atoms with E-state index in [4.69, 9.17) is 4.74 Å². The number of ether oxygens (including phenoxy) is 1. The Morgan fingerprint density at radius 3 is 3.07 bits per heavy atom. The first-order chi connectivity index (χ1) is 7.42. The molecule has 1 aromatic heterocycles. The summed E-state index contributed by atoms with van der Waals surface area (Å²) in [4.78, 5) is 4.45. The second-order valence-electron chi connectivity index (χ2n) is 3.87. The zero-order chi connectivity index (χ0) is 10.5. The van der Waals surface area contributed by atoms with Crippen LogP contribution in [0.1, 0.15) is 24.2 Å². The van der Waals surface area contributed by atoms with Crippen LogP contribution >= 0.6 is 12.6 Å². The summed E-state index contributed by atoms with van der Waals surface area (Å²) in [5, 5.41) is 0. The molecule has 0 spiro atoms. The van der Waals surface area contributed by atoms with Crippen molar-refractivity contribution in [3.63, 3.8) is 0 Å². The van der Waals surface area contributed by atoms with Gasteiger partial charge in [0.25, 0.3) is 0 Å². The van der Waals surface area contributed by atoms with Crippen LogP contribution in [0.15, 0.2) is 6.33 Å². The lowest BCUT2D eigenvalue weighted by atomic mass is 10.0. The Bertz CT molecular complexity index is 312. The van der Waals surface area contributed by atoms with Gasteiger partial charge in [-0.05, 0) is 25.7 Å². The Balaban J connectivity index is 1.88. The average molecular weight is 226 g/mol. The lowest BCUT2D eigenvalue weighted by molar-refractivity contribution is 0.141. The SMILES string of the molecule is SCCOCCn1cnc2c1CCCC2. The van der Waals surface area contributed by atoms with Crippen LogP contribution in [0, 0.1) is 0 Å². The fraction of sp³-hybridized carbons (Fsp3) is 0.727. The molecular formula is C11H18N2OS. The highest BCUT2D eigenvalue weighted by Gasteiger charge is 2.14. The summed E-state index contributed by atoms with van der Waals surface area (Å²) in [5.41, 5.74) is 2.73. The largest absolute Gasteiger partial charge is 0.379 e. The topological polar surface area (TPSA) is 27.1 Å². The van der Waals surface area contributed by atoms with E-state index in [1.165, 1.54) is 30.7 Å². The Labute approximate surface area is 96.3 Å². The van der Waals surface area contributed by atoms with E-state index in [9.17, 15) is 0 Å². The van der Waals surface area contributed by atoms with E-state index in [0.29, 0.717) is 0 Å². The van der Waals surface area contributed by atoms with Gasteiger partial charge in [-0.3, -0.25) is 0 Å². The first-order valence-corrected chi connectivity index (χ1v) is 6.26. The third-order valence-electron chi connectivity index (χ3n) is 2.82. The number of imidazole rings is 1. The van der Waals surface area contributed by atoms with E-state index < -0.39 is 0 Å². The normalized spacial score (nSPS) is 15.3. The minimum absolute atomic E-state index is 0.736. The van der Waals surface area contributed by atoms with E-state index in [0.717, 1.165) is 31.9 Å². The van der Waals surface area contributed by atoms with Crippen LogP contribution in [-0.2, 0) is 24.1 Å². The number of hydrogen-bond acceptors (Lipinski definition) is 3. The van der Waals surface area contributed by atoms with Gasteiger partial charge in [-0.25, -0.2) is 4.98 Å². The van der Waals surface area contributed by atoms with Crippen LogP contribution in [0.4, 0.5) is 0 Å². The third kappa shape index (κ3) is 2.75. The van der Waals surface area contributed by atoms with Crippen LogP contribution in [-0.4, -0.2) is 28.5 Å². The van der Waals surface area contributed by atoms with E-state index in [1.807, 2.05) is 6.33 Å². The summed E-state index contributed by atoms with van der Waals surface area (Å²) in [7, 11) is 0. The summed E-state index contributed by atoms with van der Waals surface area (Å²) in [6, 6.07) is 0. The van der Waals surface area contributed by atoms with Crippen molar-refractivity contribution in [2.45, 2.75) is 32.2 Å². The number of hydrogen-bond donors (Lipinski definition) is 1. The molecule has 0 aliphatic heterocycles. The van der Waals surface area contributed by atoms with Crippen LogP contribution in [0.25, 0.3) is 0 Å². The van der Waals surface area contributed by atoms with E-state index in [-0.39, 0.29) is 0 Å². The van der Waals surface area contributed by atoms with Crippen molar-refractivity contribution in [3.8, 4) is 0 Å². The minimum Gasteiger partial charge on any atom is -0.379 e. The summed E-state index contributed by atoms with van der Waals surface area (Å²) < 4.78 is 7.67. The molecular weight excluding hydrogens is 208 g/mol. The van der Waals surface area contributed by atoms with Crippen molar-refractivity contribution in [1.29, 1.82) is 0 Å². The average Bonchev–Trinajstić information content (AvgIpc) is 2.68. The molecule has 0 N–H and O–H groups in total. The maximum atomic E-state index is 5.42. The molecule has 1 aromatic rings. The Kier molecular flexibility index (Phi) is 4.09. The summed E-state index contributed by atoms with van der Waals surface area (Å²) in [6.07, 6.45) is 6.89. The number of thiol groups is 1. The van der Waals surface area contributed by atoms with Gasteiger partial charge < -0.3 is 9.30 Å². The molecule has 15 heavy (non-hydrogen) atoms. The quantitative estimate of drug-likeness (QED) is 0.611. The molecule has 84 valence electrons. The number of nitrogens with zero attached hydrogens (tertiary/aromatic N) is 2. The third-order valence-corrected chi connectivity index (χ3v) is 3.00. The van der Waals surface area contributed by atoms with Crippen molar-refractivity contribution in [1.82, 2.24) is 9.55 Å². The molecule has 0 aromatic carbocycles. The molecule has 0 radical (unpaired) electrons. The minimum atomic E-state index is 0.736. The van der Waals surface area contributed by atoms with Crippen molar-refractivity contribution in [3.05, 3.63) is 17.7 Å². The van der Waals surface area contributed by atoms with Crippen LogP contribution in [0.2, 0.25) is 0 Å². The number of aromatic nitrogens is 2. The smallest absolute Gasteiger partial charge is 0.0952 e. The van der Waals surface area contributed by atoms with Gasteiger partial charge in [0.05, 0.1) is 25.2 Å². The van der Waals surface area contributed by atoms with Crippen molar-refractivity contribution in [2.75, 3.05) is 19.0 Å². The fourth-order valence-corrected chi connectivity index (χ4v) is 2.18. The molecule has 0 unspecified atom stereocenters. The van der Waals surface area contributed by atoms with Gasteiger partial charge in [-0.1, -0.05) is 0 Å². The van der Waals surface area contributed by atoms with Crippen molar-refractivity contribution in [2.24, 2.45) is 0 Å². The standard InChI is InChI=1S/C11H18N2OS/c15-8-7-14-6-5-13-9-12-10-3-1-2-4-11(10)13/h9,15H,1-8H2. The maximum Gasteiger partial charge on any atom is 0.0952 e. The predicted octanol–water partition coefficient (Wildman–Crippen LogP) is 1.71. The zero-order valence-electron chi connectivity index (χ0n) is 8.98. The number of aryl methyl sites for hydroxylation is 1. The van der Waals surface area contributed by atoms with Crippen LogP contribution in [0.3, 0.4) is 0 Å². The molecule has 1 heterocycles. The molecule has 3 nitrogen and oxygen atoms in total. The van der Waals surface area contributed by atoms with Gasteiger partial charge in [0.15, 0.2) is 0 Å². The van der Waals surface area contributed by atoms with Gasteiger partial charge in [-0.15, -0.1) is 0 Å². The molecule has 0 fully saturated rings. The first-order valence-electron chi connectivity index (χ1n) is 5.63. The Morgan fingerprint density at radius 1 is 1.33 bits per heavy atom. The second-order valence-corrected chi connectivity index (χ2v) is 4.32. The van der Waals surface area contributed by atoms with E-state index in [2.05, 4.69) is 22.2 Å². The fourth-order valence-electron chi connectivity index (χ4n) is 2.05. The lowest BCUT2D eigenvalue weighted by Crippen LogP contribution is -2.12. The maximum absolute atomic E-state index is 5.42. The lowest BCUT2D eigenvalue weighted by Gasteiger charge is -2.13. The molecule has 4 heteroatoms. The molecule has 2 rings (SSSR count). The summed E-state index contributed by atoms with van der Waals surface area (Å²) in [5.74, 6) is 0.794. The first kappa shape index (κ1) is 11.0. The van der Waals surface area contributed by atoms with Gasteiger partial charge in [-0.2, -0.15) is 12.6 Å². The highest BCUT2D eigenvalue weighted by atomic mass is 32.1. The van der Waals surface area contributed by atoms with E-state index in [1.54, 1.807) is 0 Å². The summed E-state index contributed by atoms with van der Waals surface area (Å²) in [6.45, 7) is 2.43. The highest BCUT2D eigenvalue weighted by Crippen LogP contribution is 2.19. The molecule has 1 aliphatic carbocycles. The second kappa shape index (κ2) is 5.56.